The first-order valence-corrected chi connectivity index (χ1v) is 16.9. The number of nitrogens with zero attached hydrogens (tertiary/aromatic N) is 3. The summed E-state index contributed by atoms with van der Waals surface area (Å²) in [6, 6.07) is 61.0. The maximum Gasteiger partial charge on any atom is 0.155 e. The van der Waals surface area contributed by atoms with Gasteiger partial charge in [0.25, 0.3) is 0 Å². The predicted molar refractivity (Wildman–Crippen MR) is 207 cm³/mol. The lowest BCUT2D eigenvalue weighted by molar-refractivity contribution is 0.753. The van der Waals surface area contributed by atoms with Gasteiger partial charge in [-0.1, -0.05) is 140 Å². The van der Waals surface area contributed by atoms with Gasteiger partial charge in [-0.05, 0) is 68.4 Å². The van der Waals surface area contributed by atoms with Gasteiger partial charge in [-0.2, -0.15) is 0 Å². The van der Waals surface area contributed by atoms with Crippen molar-refractivity contribution in [3.63, 3.8) is 0 Å². The molecule has 10 rings (SSSR count). The second kappa shape index (κ2) is 11.1. The van der Waals surface area contributed by atoms with Gasteiger partial charge in [0.2, 0.25) is 0 Å². The summed E-state index contributed by atoms with van der Waals surface area (Å²) in [4.78, 5) is 10.5. The number of rotatable bonds is 4. The standard InChI is InChI=1S/C46H31N3/c1-4-14-30(15-5-1)41-29-42(31-16-6-2-7-17-31)48-46(47-41)32-24-27-43-40(28-32)39-26-25-38-36-22-11-10-20-34(36)35-21-12-13-23-37(35)44(38)45(39)49(43)33-18-8-3-9-19-33/h1-28,41H,29H2. The smallest absolute Gasteiger partial charge is 0.155 e. The van der Waals surface area contributed by atoms with Gasteiger partial charge in [-0.3, -0.25) is 4.99 Å². The second-order valence-corrected chi connectivity index (χ2v) is 12.9. The maximum atomic E-state index is 5.30. The highest BCUT2D eigenvalue weighted by Crippen LogP contribution is 2.43. The molecule has 1 aliphatic rings. The first-order chi connectivity index (χ1) is 24.3. The summed E-state index contributed by atoms with van der Waals surface area (Å²) in [6.07, 6.45) is 0.764. The number of benzene rings is 8. The molecule has 3 nitrogen and oxygen atoms in total. The topological polar surface area (TPSA) is 29.6 Å². The van der Waals surface area contributed by atoms with Crippen LogP contribution in [-0.2, 0) is 0 Å². The van der Waals surface area contributed by atoms with Gasteiger partial charge < -0.3 is 4.57 Å². The molecule has 0 amide bonds. The molecule has 2 heterocycles. The Balaban J connectivity index is 1.28. The molecule has 1 atom stereocenters. The van der Waals surface area contributed by atoms with Crippen molar-refractivity contribution in [3.8, 4) is 5.69 Å². The minimum absolute atomic E-state index is 0.00569. The van der Waals surface area contributed by atoms with E-state index in [4.69, 9.17) is 9.98 Å². The lowest BCUT2D eigenvalue weighted by atomic mass is 9.92. The Morgan fingerprint density at radius 1 is 0.469 bits per heavy atom. The van der Waals surface area contributed by atoms with Gasteiger partial charge in [0, 0.05) is 33.8 Å². The van der Waals surface area contributed by atoms with E-state index in [0.717, 1.165) is 40.3 Å². The molecule has 0 spiro atoms. The van der Waals surface area contributed by atoms with Crippen LogP contribution in [0.4, 0.5) is 0 Å². The fourth-order valence-corrected chi connectivity index (χ4v) is 7.88. The molecule has 0 saturated heterocycles. The maximum absolute atomic E-state index is 5.30. The van der Waals surface area contributed by atoms with Gasteiger partial charge in [0.15, 0.2) is 5.84 Å². The zero-order chi connectivity index (χ0) is 32.3. The Bertz CT molecular complexity index is 2740. The molecule has 0 aliphatic carbocycles. The quantitative estimate of drug-likeness (QED) is 0.174. The van der Waals surface area contributed by atoms with Crippen molar-refractivity contribution >= 4 is 65.7 Å². The van der Waals surface area contributed by atoms with E-state index in [2.05, 4.69) is 174 Å². The van der Waals surface area contributed by atoms with Crippen molar-refractivity contribution in [2.24, 2.45) is 9.98 Å². The lowest BCUT2D eigenvalue weighted by Crippen LogP contribution is -2.17. The largest absolute Gasteiger partial charge is 0.309 e. The van der Waals surface area contributed by atoms with E-state index in [0.29, 0.717) is 0 Å². The number of amidine groups is 1. The second-order valence-electron chi connectivity index (χ2n) is 12.9. The van der Waals surface area contributed by atoms with Crippen LogP contribution >= 0.6 is 0 Å². The Hall–Kier alpha value is -6.32. The van der Waals surface area contributed by atoms with Crippen LogP contribution in [0.1, 0.15) is 29.2 Å². The van der Waals surface area contributed by atoms with Crippen LogP contribution in [0, 0.1) is 0 Å². The number of aliphatic imine (C=N–C) groups is 2. The zero-order valence-corrected chi connectivity index (χ0v) is 26.8. The van der Waals surface area contributed by atoms with Crippen molar-refractivity contribution in [1.29, 1.82) is 0 Å². The fourth-order valence-electron chi connectivity index (χ4n) is 7.88. The zero-order valence-electron chi connectivity index (χ0n) is 26.8. The third-order valence-electron chi connectivity index (χ3n) is 10.1. The van der Waals surface area contributed by atoms with Crippen LogP contribution in [-0.4, -0.2) is 16.1 Å². The Kier molecular flexibility index (Phi) is 6.31. The number of hydrogen-bond donors (Lipinski definition) is 0. The minimum atomic E-state index is -0.00569. The lowest BCUT2D eigenvalue weighted by Gasteiger charge is -2.21. The minimum Gasteiger partial charge on any atom is -0.309 e. The normalized spacial score (nSPS) is 14.9. The molecular formula is C46H31N3. The van der Waals surface area contributed by atoms with Crippen LogP contribution in [0.25, 0.3) is 59.8 Å². The molecule has 0 N–H and O–H groups in total. The fraction of sp³-hybridized carbons (Fsp3) is 0.0435. The molecule has 1 aliphatic heterocycles. The summed E-state index contributed by atoms with van der Waals surface area (Å²) in [6.45, 7) is 0. The first kappa shape index (κ1) is 27.8. The molecule has 1 unspecified atom stereocenters. The number of para-hydroxylation sites is 1. The molecular weight excluding hydrogens is 595 g/mol. The summed E-state index contributed by atoms with van der Waals surface area (Å²) in [5.74, 6) is 0.777. The van der Waals surface area contributed by atoms with Crippen LogP contribution in [0.3, 0.4) is 0 Å². The van der Waals surface area contributed by atoms with Gasteiger partial charge >= 0.3 is 0 Å². The molecule has 0 fully saturated rings. The molecule has 0 radical (unpaired) electrons. The predicted octanol–water partition coefficient (Wildman–Crippen LogP) is 11.6. The summed E-state index contributed by atoms with van der Waals surface area (Å²) < 4.78 is 2.45. The summed E-state index contributed by atoms with van der Waals surface area (Å²) >= 11 is 0. The summed E-state index contributed by atoms with van der Waals surface area (Å²) in [7, 11) is 0. The third kappa shape index (κ3) is 4.43. The van der Waals surface area contributed by atoms with E-state index in [1.807, 2.05) is 0 Å². The van der Waals surface area contributed by atoms with E-state index in [1.54, 1.807) is 0 Å². The van der Waals surface area contributed by atoms with Gasteiger partial charge in [-0.25, -0.2) is 4.99 Å². The summed E-state index contributed by atoms with van der Waals surface area (Å²) in [5.41, 5.74) is 7.96. The average molecular weight is 626 g/mol. The molecule has 1 aromatic heterocycles. The molecule has 8 aromatic carbocycles. The number of hydrogen-bond acceptors (Lipinski definition) is 2. The summed E-state index contributed by atoms with van der Waals surface area (Å²) in [5, 5.41) is 10.0. The molecule has 0 bridgehead atoms. The number of fused-ring (bicyclic) bond motifs is 10. The van der Waals surface area contributed by atoms with E-state index < -0.39 is 0 Å². The van der Waals surface area contributed by atoms with Gasteiger partial charge in [0.05, 0.1) is 22.8 Å². The number of aromatic nitrogens is 1. The molecule has 49 heavy (non-hydrogen) atoms. The van der Waals surface area contributed by atoms with Gasteiger partial charge in [-0.15, -0.1) is 0 Å². The van der Waals surface area contributed by atoms with Crippen molar-refractivity contribution in [1.82, 2.24) is 4.57 Å². The Labute approximate surface area is 284 Å². The van der Waals surface area contributed by atoms with Crippen LogP contribution in [0.2, 0.25) is 0 Å². The van der Waals surface area contributed by atoms with Crippen LogP contribution < -0.4 is 0 Å². The Morgan fingerprint density at radius 3 is 1.76 bits per heavy atom. The highest BCUT2D eigenvalue weighted by molar-refractivity contribution is 6.33. The van der Waals surface area contributed by atoms with Gasteiger partial charge in [0.1, 0.15) is 0 Å². The average Bonchev–Trinajstić information content (AvgIpc) is 3.52. The van der Waals surface area contributed by atoms with E-state index >= 15 is 0 Å². The van der Waals surface area contributed by atoms with Crippen LogP contribution in [0.15, 0.2) is 180 Å². The monoisotopic (exact) mass is 625 g/mol. The van der Waals surface area contributed by atoms with E-state index in [-0.39, 0.29) is 6.04 Å². The molecule has 230 valence electrons. The van der Waals surface area contributed by atoms with Crippen LogP contribution in [0.5, 0.6) is 0 Å². The van der Waals surface area contributed by atoms with Crippen molar-refractivity contribution in [2.45, 2.75) is 12.5 Å². The molecule has 9 aromatic rings. The van der Waals surface area contributed by atoms with Crippen molar-refractivity contribution in [3.05, 3.63) is 187 Å². The Morgan fingerprint density at radius 2 is 1.04 bits per heavy atom. The highest BCUT2D eigenvalue weighted by Gasteiger charge is 2.24. The first-order valence-electron chi connectivity index (χ1n) is 16.9. The third-order valence-corrected chi connectivity index (χ3v) is 10.1. The van der Waals surface area contributed by atoms with Crippen molar-refractivity contribution < 1.29 is 0 Å². The molecule has 3 heteroatoms. The van der Waals surface area contributed by atoms with Crippen molar-refractivity contribution in [2.75, 3.05) is 0 Å². The van der Waals surface area contributed by atoms with E-state index in [9.17, 15) is 0 Å². The SMILES string of the molecule is c1ccc(C2=NC(c3ccc4c(c3)c3ccc5c6ccccc6c6ccccc6c5c3n4-c3ccccc3)=NC(c3ccccc3)C2)cc1. The highest BCUT2D eigenvalue weighted by atomic mass is 15.0. The molecule has 0 saturated carbocycles. The van der Waals surface area contributed by atoms with E-state index in [1.165, 1.54) is 54.2 Å².